The zero-order valence-corrected chi connectivity index (χ0v) is 18.0. The molecule has 0 saturated heterocycles. The van der Waals surface area contributed by atoms with Crippen molar-refractivity contribution in [2.45, 2.75) is 97.3 Å². The van der Waals surface area contributed by atoms with Gasteiger partial charge in [-0.25, -0.2) is 0 Å². The van der Waals surface area contributed by atoms with E-state index in [1.54, 1.807) is 5.56 Å². The van der Waals surface area contributed by atoms with Gasteiger partial charge < -0.3 is 0 Å². The fourth-order valence-electron chi connectivity index (χ4n) is 4.95. The number of rotatable bonds is 9. The molecule has 0 spiro atoms. The lowest BCUT2D eigenvalue weighted by atomic mass is 9.75. The van der Waals surface area contributed by atoms with E-state index in [-0.39, 0.29) is 0 Å². The van der Waals surface area contributed by atoms with E-state index in [0.717, 1.165) is 17.8 Å². The monoisotopic (exact) mass is 364 g/mol. The van der Waals surface area contributed by atoms with Crippen LogP contribution in [0.3, 0.4) is 0 Å². The molecule has 1 saturated carbocycles. The van der Waals surface area contributed by atoms with Crippen LogP contribution in [-0.2, 0) is 6.42 Å². The Bertz CT molecular complexity index is 690. The minimum absolute atomic E-state index is 0.788. The van der Waals surface area contributed by atoms with Gasteiger partial charge in [-0.3, -0.25) is 0 Å². The molecule has 1 unspecified atom stereocenters. The van der Waals surface area contributed by atoms with E-state index in [4.69, 9.17) is 0 Å². The smallest absolute Gasteiger partial charge is 0.0162 e. The molecular weight excluding hydrogens is 324 g/mol. The van der Waals surface area contributed by atoms with Gasteiger partial charge in [-0.15, -0.1) is 0 Å². The van der Waals surface area contributed by atoms with Crippen LogP contribution >= 0.6 is 0 Å². The lowest BCUT2D eigenvalue weighted by Gasteiger charge is -2.30. The van der Waals surface area contributed by atoms with Gasteiger partial charge in [0.1, 0.15) is 0 Å². The first-order valence-electron chi connectivity index (χ1n) is 11.7. The molecule has 0 radical (unpaired) electrons. The average Bonchev–Trinajstić information content (AvgIpc) is 2.71. The van der Waals surface area contributed by atoms with Gasteiger partial charge in [-0.2, -0.15) is 0 Å². The molecule has 2 aromatic carbocycles. The summed E-state index contributed by atoms with van der Waals surface area (Å²) >= 11 is 0. The number of hydrogen-bond donors (Lipinski definition) is 0. The molecule has 2 aromatic rings. The number of hydrogen-bond acceptors (Lipinski definition) is 0. The second-order valence-corrected chi connectivity index (χ2v) is 9.22. The first kappa shape index (κ1) is 20.4. The Kier molecular flexibility index (Phi) is 7.80. The quantitative estimate of drug-likeness (QED) is 0.390. The van der Waals surface area contributed by atoms with Gasteiger partial charge in [0, 0.05) is 0 Å². The molecule has 0 bridgehead atoms. The molecule has 1 aliphatic rings. The Morgan fingerprint density at radius 3 is 2.33 bits per heavy atom. The van der Waals surface area contributed by atoms with Gasteiger partial charge in [0.25, 0.3) is 0 Å². The van der Waals surface area contributed by atoms with Crippen LogP contribution in [0.1, 0.15) is 102 Å². The van der Waals surface area contributed by atoms with Crippen LogP contribution in [0, 0.1) is 11.8 Å². The molecular formula is C27H40. The number of fused-ring (bicyclic) bond motifs is 1. The Hall–Kier alpha value is -1.30. The molecule has 148 valence electrons. The third kappa shape index (κ3) is 5.84. The van der Waals surface area contributed by atoms with Crippen molar-refractivity contribution in [1.82, 2.24) is 0 Å². The normalized spacial score (nSPS) is 21.4. The molecule has 0 heterocycles. The fraction of sp³-hybridized carbons (Fsp3) is 0.630. The minimum Gasteiger partial charge on any atom is -0.0654 e. The maximum absolute atomic E-state index is 2.48. The average molecular weight is 365 g/mol. The fourth-order valence-corrected chi connectivity index (χ4v) is 4.95. The van der Waals surface area contributed by atoms with Gasteiger partial charge in [0.05, 0.1) is 0 Å². The Morgan fingerprint density at radius 1 is 0.852 bits per heavy atom. The topological polar surface area (TPSA) is 0 Å². The summed E-state index contributed by atoms with van der Waals surface area (Å²) in [4.78, 5) is 0. The first-order chi connectivity index (χ1) is 13.2. The molecule has 0 nitrogen and oxygen atoms in total. The molecule has 1 atom stereocenters. The third-order valence-corrected chi connectivity index (χ3v) is 7.00. The zero-order chi connectivity index (χ0) is 19.1. The standard InChI is InChI=1S/C27H40/c1-4-6-7-8-9-22-12-15-27-20-26(17-16-25(27)19-22)24-13-10-23(11-14-24)18-21(3)5-2/h12,15-17,19-21,23-24H,4-11,13-14,18H2,1-3H3. The predicted octanol–water partition coefficient (Wildman–Crippen LogP) is 8.67. The lowest BCUT2D eigenvalue weighted by Crippen LogP contribution is -2.15. The molecule has 1 aliphatic carbocycles. The minimum atomic E-state index is 0.788. The van der Waals surface area contributed by atoms with Crippen molar-refractivity contribution in [2.24, 2.45) is 11.8 Å². The molecule has 0 aliphatic heterocycles. The van der Waals surface area contributed by atoms with E-state index in [1.807, 2.05) is 0 Å². The highest BCUT2D eigenvalue weighted by Gasteiger charge is 2.23. The maximum Gasteiger partial charge on any atom is -0.0162 e. The summed E-state index contributed by atoms with van der Waals surface area (Å²) in [5.74, 6) is 2.67. The predicted molar refractivity (Wildman–Crippen MR) is 121 cm³/mol. The van der Waals surface area contributed by atoms with Crippen LogP contribution < -0.4 is 0 Å². The number of benzene rings is 2. The van der Waals surface area contributed by atoms with Crippen molar-refractivity contribution in [3.8, 4) is 0 Å². The summed E-state index contributed by atoms with van der Waals surface area (Å²) in [6.07, 6.45) is 15.1. The molecule has 0 aromatic heterocycles. The van der Waals surface area contributed by atoms with E-state index in [0.29, 0.717) is 0 Å². The molecule has 0 amide bonds. The lowest BCUT2D eigenvalue weighted by molar-refractivity contribution is 0.273. The highest BCUT2D eigenvalue weighted by atomic mass is 14.3. The van der Waals surface area contributed by atoms with E-state index in [9.17, 15) is 0 Å². The van der Waals surface area contributed by atoms with E-state index >= 15 is 0 Å². The Morgan fingerprint density at radius 2 is 1.59 bits per heavy atom. The Balaban J connectivity index is 1.58. The van der Waals surface area contributed by atoms with Crippen LogP contribution in [0.4, 0.5) is 0 Å². The summed E-state index contributed by atoms with van der Waals surface area (Å²) in [5.41, 5.74) is 3.09. The first-order valence-corrected chi connectivity index (χ1v) is 11.7. The summed E-state index contributed by atoms with van der Waals surface area (Å²) < 4.78 is 0. The number of unbranched alkanes of at least 4 members (excludes halogenated alkanes) is 3. The molecule has 3 rings (SSSR count). The largest absolute Gasteiger partial charge is 0.0654 e. The Labute approximate surface area is 167 Å². The molecule has 27 heavy (non-hydrogen) atoms. The van der Waals surface area contributed by atoms with Gasteiger partial charge in [0.2, 0.25) is 0 Å². The maximum atomic E-state index is 2.48. The van der Waals surface area contributed by atoms with Crippen LogP contribution in [0.5, 0.6) is 0 Å². The highest BCUT2D eigenvalue weighted by Crippen LogP contribution is 2.39. The van der Waals surface area contributed by atoms with E-state index in [1.165, 1.54) is 87.0 Å². The van der Waals surface area contributed by atoms with Gasteiger partial charge >= 0.3 is 0 Å². The van der Waals surface area contributed by atoms with Crippen molar-refractivity contribution in [3.05, 3.63) is 47.5 Å². The van der Waals surface area contributed by atoms with Crippen molar-refractivity contribution in [3.63, 3.8) is 0 Å². The van der Waals surface area contributed by atoms with Crippen LogP contribution in [0.25, 0.3) is 10.8 Å². The number of aryl methyl sites for hydroxylation is 1. The van der Waals surface area contributed by atoms with Crippen molar-refractivity contribution >= 4 is 10.8 Å². The summed E-state index contributed by atoms with van der Waals surface area (Å²) in [5, 5.41) is 2.86. The van der Waals surface area contributed by atoms with Gasteiger partial charge in [-0.1, -0.05) is 82.9 Å². The van der Waals surface area contributed by atoms with Crippen molar-refractivity contribution in [1.29, 1.82) is 0 Å². The van der Waals surface area contributed by atoms with Gasteiger partial charge in [-0.05, 0) is 84.6 Å². The van der Waals surface area contributed by atoms with Crippen LogP contribution in [0.15, 0.2) is 36.4 Å². The SMILES string of the molecule is CCCCCCc1ccc2cc(C3CCC(CC(C)CC)CC3)ccc2c1. The second kappa shape index (κ2) is 10.3. The van der Waals surface area contributed by atoms with Crippen molar-refractivity contribution in [2.75, 3.05) is 0 Å². The third-order valence-electron chi connectivity index (χ3n) is 7.00. The zero-order valence-electron chi connectivity index (χ0n) is 18.0. The van der Waals surface area contributed by atoms with Crippen molar-refractivity contribution < 1.29 is 0 Å². The van der Waals surface area contributed by atoms with E-state index in [2.05, 4.69) is 57.2 Å². The van der Waals surface area contributed by atoms with Crippen LogP contribution in [0.2, 0.25) is 0 Å². The summed E-state index contributed by atoms with van der Waals surface area (Å²) in [6.45, 7) is 7.04. The summed E-state index contributed by atoms with van der Waals surface area (Å²) in [7, 11) is 0. The summed E-state index contributed by atoms with van der Waals surface area (Å²) in [6, 6.07) is 14.4. The van der Waals surface area contributed by atoms with Gasteiger partial charge in [0.15, 0.2) is 0 Å². The van der Waals surface area contributed by atoms with Crippen LogP contribution in [-0.4, -0.2) is 0 Å². The second-order valence-electron chi connectivity index (χ2n) is 9.22. The molecule has 0 N–H and O–H groups in total. The molecule has 0 heteroatoms. The molecule has 1 fully saturated rings. The van der Waals surface area contributed by atoms with E-state index < -0.39 is 0 Å². The highest BCUT2D eigenvalue weighted by molar-refractivity contribution is 5.84.